The lowest BCUT2D eigenvalue weighted by molar-refractivity contribution is -0.128. The fourth-order valence-electron chi connectivity index (χ4n) is 3.85. The number of carbonyl (C=O) groups excluding carboxylic acids is 1. The maximum atomic E-state index is 12.1. The van der Waals surface area contributed by atoms with Crippen molar-refractivity contribution in [3.05, 3.63) is 28.8 Å². The highest BCUT2D eigenvalue weighted by Gasteiger charge is 2.31. The van der Waals surface area contributed by atoms with E-state index in [1.165, 1.54) is 11.3 Å². The van der Waals surface area contributed by atoms with Gasteiger partial charge in [0.1, 0.15) is 0 Å². The van der Waals surface area contributed by atoms with Crippen molar-refractivity contribution in [2.45, 2.75) is 13.3 Å². The van der Waals surface area contributed by atoms with Gasteiger partial charge in [0.2, 0.25) is 5.91 Å². The van der Waals surface area contributed by atoms with Gasteiger partial charge in [0, 0.05) is 70.1 Å². The maximum absolute atomic E-state index is 12.1. The fraction of sp³-hybridized carbons (Fsp3) is 0.632. The molecule has 0 N–H and O–H groups in total. The molecule has 1 amide bonds. The SMILES string of the molecule is COCCN1CC(CN2CCN(c3cc(Cl)ccc3C)CC2)CC1=O. The van der Waals surface area contributed by atoms with Crippen molar-refractivity contribution < 1.29 is 9.53 Å². The Bertz CT molecular complexity index is 602. The molecule has 0 aliphatic carbocycles. The summed E-state index contributed by atoms with van der Waals surface area (Å²) in [4.78, 5) is 18.9. The van der Waals surface area contributed by atoms with E-state index in [4.69, 9.17) is 16.3 Å². The summed E-state index contributed by atoms with van der Waals surface area (Å²) in [5, 5.41) is 0.795. The van der Waals surface area contributed by atoms with Gasteiger partial charge in [-0.15, -0.1) is 0 Å². The number of halogens is 1. The molecule has 5 nitrogen and oxygen atoms in total. The highest BCUT2D eigenvalue weighted by Crippen LogP contribution is 2.26. The van der Waals surface area contributed by atoms with Crippen LogP contribution in [0, 0.1) is 12.8 Å². The summed E-state index contributed by atoms with van der Waals surface area (Å²) in [5.41, 5.74) is 2.52. The molecule has 6 heteroatoms. The molecule has 2 heterocycles. The predicted octanol–water partition coefficient (Wildman–Crippen LogP) is 2.27. The Kier molecular flexibility index (Phi) is 6.20. The van der Waals surface area contributed by atoms with Crippen LogP contribution in [0.15, 0.2) is 18.2 Å². The smallest absolute Gasteiger partial charge is 0.223 e. The largest absolute Gasteiger partial charge is 0.383 e. The Hall–Kier alpha value is -1.30. The monoisotopic (exact) mass is 365 g/mol. The quantitative estimate of drug-likeness (QED) is 0.774. The van der Waals surface area contributed by atoms with Crippen molar-refractivity contribution in [2.75, 3.05) is 64.4 Å². The molecule has 3 rings (SSSR count). The zero-order valence-corrected chi connectivity index (χ0v) is 16.0. The van der Waals surface area contributed by atoms with Crippen LogP contribution < -0.4 is 4.90 Å². The highest BCUT2D eigenvalue weighted by atomic mass is 35.5. The van der Waals surface area contributed by atoms with Crippen molar-refractivity contribution in [3.8, 4) is 0 Å². The second kappa shape index (κ2) is 8.39. The lowest BCUT2D eigenvalue weighted by atomic mass is 10.1. The molecule has 0 aromatic heterocycles. The van der Waals surface area contributed by atoms with Crippen LogP contribution in [-0.2, 0) is 9.53 Å². The van der Waals surface area contributed by atoms with Gasteiger partial charge in [-0.25, -0.2) is 0 Å². The molecule has 1 unspecified atom stereocenters. The van der Waals surface area contributed by atoms with E-state index in [1.54, 1.807) is 7.11 Å². The number of amides is 1. The second-order valence-electron chi connectivity index (χ2n) is 7.12. The molecular formula is C19H28ClN3O2. The molecule has 1 aromatic carbocycles. The molecule has 1 atom stereocenters. The van der Waals surface area contributed by atoms with Crippen LogP contribution >= 0.6 is 11.6 Å². The van der Waals surface area contributed by atoms with Crippen LogP contribution in [-0.4, -0.2) is 75.2 Å². The first-order chi connectivity index (χ1) is 12.1. The summed E-state index contributed by atoms with van der Waals surface area (Å²) in [6.07, 6.45) is 0.678. The molecule has 2 aliphatic rings. The standard InChI is InChI=1S/C19H28ClN3O2/c1-15-3-4-17(20)12-18(15)22-7-5-21(6-8-22)13-16-11-19(24)23(14-16)9-10-25-2/h3-4,12,16H,5-11,13-14H2,1-2H3. The molecule has 1 aromatic rings. The number of rotatable bonds is 6. The number of aryl methyl sites for hydroxylation is 1. The zero-order chi connectivity index (χ0) is 17.8. The number of likely N-dealkylation sites (tertiary alicyclic amines) is 1. The number of nitrogens with zero attached hydrogens (tertiary/aromatic N) is 3. The lowest BCUT2D eigenvalue weighted by Gasteiger charge is -2.37. The third-order valence-corrected chi connectivity index (χ3v) is 5.50. The van der Waals surface area contributed by atoms with E-state index in [0.29, 0.717) is 25.5 Å². The second-order valence-corrected chi connectivity index (χ2v) is 7.56. The predicted molar refractivity (Wildman–Crippen MR) is 101 cm³/mol. The summed E-state index contributed by atoms with van der Waals surface area (Å²) < 4.78 is 5.09. The number of hydrogen-bond donors (Lipinski definition) is 0. The zero-order valence-electron chi connectivity index (χ0n) is 15.2. The van der Waals surface area contributed by atoms with Gasteiger partial charge in [0.25, 0.3) is 0 Å². The van der Waals surface area contributed by atoms with Gasteiger partial charge < -0.3 is 14.5 Å². The van der Waals surface area contributed by atoms with Gasteiger partial charge in [-0.2, -0.15) is 0 Å². The summed E-state index contributed by atoms with van der Waals surface area (Å²) in [5.74, 6) is 0.721. The van der Waals surface area contributed by atoms with E-state index >= 15 is 0 Å². The van der Waals surface area contributed by atoms with Crippen LogP contribution in [0.2, 0.25) is 5.02 Å². The molecule has 0 spiro atoms. The van der Waals surface area contributed by atoms with E-state index < -0.39 is 0 Å². The van der Waals surface area contributed by atoms with E-state index in [0.717, 1.165) is 44.3 Å². The Labute approximate surface area is 155 Å². The number of hydrogen-bond acceptors (Lipinski definition) is 4. The Balaban J connectivity index is 1.48. The van der Waals surface area contributed by atoms with Crippen LogP contribution in [0.1, 0.15) is 12.0 Å². The first-order valence-corrected chi connectivity index (χ1v) is 9.45. The average molecular weight is 366 g/mol. The molecule has 0 bridgehead atoms. The molecule has 2 saturated heterocycles. The average Bonchev–Trinajstić information content (AvgIpc) is 2.95. The van der Waals surface area contributed by atoms with Crippen molar-refractivity contribution in [1.29, 1.82) is 0 Å². The van der Waals surface area contributed by atoms with Crippen molar-refractivity contribution >= 4 is 23.2 Å². The minimum atomic E-state index is 0.273. The van der Waals surface area contributed by atoms with Crippen molar-refractivity contribution in [1.82, 2.24) is 9.80 Å². The lowest BCUT2D eigenvalue weighted by Crippen LogP contribution is -2.48. The number of anilines is 1. The van der Waals surface area contributed by atoms with Gasteiger partial charge in [0.05, 0.1) is 6.61 Å². The molecular weight excluding hydrogens is 338 g/mol. The third-order valence-electron chi connectivity index (χ3n) is 5.26. The maximum Gasteiger partial charge on any atom is 0.223 e. The number of methoxy groups -OCH3 is 1. The van der Waals surface area contributed by atoms with E-state index in [-0.39, 0.29) is 5.91 Å². The van der Waals surface area contributed by atoms with Crippen molar-refractivity contribution in [2.24, 2.45) is 5.92 Å². The molecule has 0 radical (unpaired) electrons. The number of carbonyl (C=O) groups is 1. The Morgan fingerprint density at radius 2 is 2.00 bits per heavy atom. The molecule has 2 aliphatic heterocycles. The Morgan fingerprint density at radius 3 is 2.72 bits per heavy atom. The third kappa shape index (κ3) is 4.66. The van der Waals surface area contributed by atoms with Gasteiger partial charge in [-0.1, -0.05) is 17.7 Å². The van der Waals surface area contributed by atoms with Crippen LogP contribution in [0.5, 0.6) is 0 Å². The summed E-state index contributed by atoms with van der Waals surface area (Å²) in [7, 11) is 1.68. The van der Waals surface area contributed by atoms with E-state index in [2.05, 4.69) is 28.9 Å². The van der Waals surface area contributed by atoms with Crippen LogP contribution in [0.25, 0.3) is 0 Å². The molecule has 138 valence electrons. The molecule has 2 fully saturated rings. The fourth-order valence-corrected chi connectivity index (χ4v) is 4.02. The molecule has 25 heavy (non-hydrogen) atoms. The summed E-state index contributed by atoms with van der Waals surface area (Å²) in [6.45, 7) is 9.45. The van der Waals surface area contributed by atoms with E-state index in [9.17, 15) is 4.79 Å². The number of piperazine rings is 1. The summed E-state index contributed by atoms with van der Waals surface area (Å²) in [6, 6.07) is 6.10. The van der Waals surface area contributed by atoms with Gasteiger partial charge >= 0.3 is 0 Å². The van der Waals surface area contributed by atoms with Crippen LogP contribution in [0.4, 0.5) is 5.69 Å². The minimum Gasteiger partial charge on any atom is -0.383 e. The first kappa shape index (κ1) is 18.5. The van der Waals surface area contributed by atoms with E-state index in [1.807, 2.05) is 11.0 Å². The first-order valence-electron chi connectivity index (χ1n) is 9.07. The van der Waals surface area contributed by atoms with Crippen molar-refractivity contribution in [3.63, 3.8) is 0 Å². The summed E-state index contributed by atoms with van der Waals surface area (Å²) >= 11 is 6.16. The minimum absolute atomic E-state index is 0.273. The van der Waals surface area contributed by atoms with Crippen LogP contribution in [0.3, 0.4) is 0 Å². The number of benzene rings is 1. The van der Waals surface area contributed by atoms with Gasteiger partial charge in [0.15, 0.2) is 0 Å². The van der Waals surface area contributed by atoms with Gasteiger partial charge in [-0.3, -0.25) is 9.69 Å². The normalized spacial score (nSPS) is 22.0. The topological polar surface area (TPSA) is 36.0 Å². The highest BCUT2D eigenvalue weighted by molar-refractivity contribution is 6.30. The molecule has 0 saturated carbocycles. The number of ether oxygens (including phenoxy) is 1. The Morgan fingerprint density at radius 1 is 1.24 bits per heavy atom. The van der Waals surface area contributed by atoms with Gasteiger partial charge in [-0.05, 0) is 30.5 Å².